The van der Waals surface area contributed by atoms with Gasteiger partial charge in [0.15, 0.2) is 0 Å². The van der Waals surface area contributed by atoms with E-state index < -0.39 is 5.82 Å². The molecule has 3 N–H and O–H groups in total. The molecule has 1 saturated heterocycles. The number of hydrogen-bond acceptors (Lipinski definition) is 2. The molecule has 0 aliphatic carbocycles. The summed E-state index contributed by atoms with van der Waals surface area (Å²) < 4.78 is 13.6. The summed E-state index contributed by atoms with van der Waals surface area (Å²) in [6, 6.07) is 4.86. The summed E-state index contributed by atoms with van der Waals surface area (Å²) in [6.45, 7) is 1.84. The molecule has 1 heterocycles. The molecule has 1 aliphatic rings. The fourth-order valence-electron chi connectivity index (χ4n) is 2.18. The molecule has 1 fully saturated rings. The van der Waals surface area contributed by atoms with Crippen LogP contribution in [-0.2, 0) is 0 Å². The van der Waals surface area contributed by atoms with Crippen LogP contribution in [0.15, 0.2) is 18.2 Å². The van der Waals surface area contributed by atoms with Crippen molar-refractivity contribution in [3.05, 3.63) is 29.6 Å². The lowest BCUT2D eigenvalue weighted by atomic mass is 10.1. The second-order valence-electron chi connectivity index (χ2n) is 4.10. The number of hydrogen-bond donors (Lipinski definition) is 2. The first-order valence-corrected chi connectivity index (χ1v) is 5.58. The number of anilines is 1. The van der Waals surface area contributed by atoms with Gasteiger partial charge in [-0.15, -0.1) is 0 Å². The van der Waals surface area contributed by atoms with E-state index in [9.17, 15) is 4.39 Å². The highest BCUT2D eigenvalue weighted by atomic mass is 19.1. The van der Waals surface area contributed by atoms with Crippen molar-refractivity contribution in [3.63, 3.8) is 0 Å². The molecular formula is C12H16FN3. The molecule has 0 atom stereocenters. The molecule has 2 rings (SSSR count). The van der Waals surface area contributed by atoms with E-state index in [1.165, 1.54) is 12.5 Å². The zero-order valence-electron chi connectivity index (χ0n) is 9.17. The van der Waals surface area contributed by atoms with Gasteiger partial charge in [0.25, 0.3) is 0 Å². The van der Waals surface area contributed by atoms with Gasteiger partial charge in [-0.1, -0.05) is 6.07 Å². The molecule has 0 unspecified atom stereocenters. The number of nitrogens with one attached hydrogen (secondary N) is 1. The Balaban J connectivity index is 2.38. The van der Waals surface area contributed by atoms with Crippen LogP contribution < -0.4 is 10.6 Å². The second kappa shape index (κ2) is 4.51. The normalized spacial score (nSPS) is 16.2. The number of nitrogen functional groups attached to an aromatic ring is 1. The summed E-state index contributed by atoms with van der Waals surface area (Å²) in [5.41, 5.74) is 6.44. The van der Waals surface area contributed by atoms with Crippen LogP contribution in [0.5, 0.6) is 0 Å². The third-order valence-corrected chi connectivity index (χ3v) is 2.96. The van der Waals surface area contributed by atoms with Gasteiger partial charge in [-0.25, -0.2) is 4.39 Å². The van der Waals surface area contributed by atoms with Gasteiger partial charge >= 0.3 is 0 Å². The number of benzene rings is 1. The zero-order valence-corrected chi connectivity index (χ0v) is 9.17. The van der Waals surface area contributed by atoms with E-state index in [4.69, 9.17) is 11.1 Å². The monoisotopic (exact) mass is 221 g/mol. The molecule has 0 radical (unpaired) electrons. The highest BCUT2D eigenvalue weighted by molar-refractivity contribution is 6.00. The quantitative estimate of drug-likeness (QED) is 0.593. The van der Waals surface area contributed by atoms with Gasteiger partial charge in [0.1, 0.15) is 11.7 Å². The minimum absolute atomic E-state index is 0.196. The molecule has 3 nitrogen and oxygen atoms in total. The molecule has 0 aromatic heterocycles. The van der Waals surface area contributed by atoms with E-state index in [1.54, 1.807) is 6.07 Å². The maximum Gasteiger partial charge on any atom is 0.136 e. The number of halogens is 1. The van der Waals surface area contributed by atoms with E-state index in [2.05, 4.69) is 4.90 Å². The van der Waals surface area contributed by atoms with Gasteiger partial charge in [0.05, 0.1) is 11.3 Å². The zero-order chi connectivity index (χ0) is 11.5. The van der Waals surface area contributed by atoms with Gasteiger partial charge < -0.3 is 10.6 Å². The Morgan fingerprint density at radius 1 is 1.25 bits per heavy atom. The Bertz CT molecular complexity index is 397. The molecule has 0 bridgehead atoms. The van der Waals surface area contributed by atoms with Crippen LogP contribution in [0.1, 0.15) is 24.8 Å². The lowest BCUT2D eigenvalue weighted by Crippen LogP contribution is -2.32. The van der Waals surface area contributed by atoms with Crippen molar-refractivity contribution in [2.24, 2.45) is 5.73 Å². The maximum atomic E-state index is 13.6. The minimum atomic E-state index is -0.407. The van der Waals surface area contributed by atoms with Gasteiger partial charge in [-0.2, -0.15) is 0 Å². The second-order valence-corrected chi connectivity index (χ2v) is 4.10. The van der Waals surface area contributed by atoms with Crippen molar-refractivity contribution in [1.82, 2.24) is 0 Å². The molecule has 4 heteroatoms. The smallest absolute Gasteiger partial charge is 0.136 e. The van der Waals surface area contributed by atoms with Crippen LogP contribution in [0, 0.1) is 11.2 Å². The van der Waals surface area contributed by atoms with Crippen LogP contribution in [0.3, 0.4) is 0 Å². The molecule has 0 spiro atoms. The highest BCUT2D eigenvalue weighted by Gasteiger charge is 2.18. The minimum Gasteiger partial charge on any atom is -0.384 e. The van der Waals surface area contributed by atoms with E-state index in [0.29, 0.717) is 0 Å². The number of nitrogens with zero attached hydrogens (tertiary/aromatic N) is 1. The van der Waals surface area contributed by atoms with Crippen LogP contribution in [-0.4, -0.2) is 18.9 Å². The summed E-state index contributed by atoms with van der Waals surface area (Å²) in [5.74, 6) is -0.603. The summed E-state index contributed by atoms with van der Waals surface area (Å²) in [4.78, 5) is 2.11. The third kappa shape index (κ3) is 2.01. The van der Waals surface area contributed by atoms with Crippen molar-refractivity contribution in [2.75, 3.05) is 18.0 Å². The molecule has 1 aliphatic heterocycles. The Morgan fingerprint density at radius 3 is 2.56 bits per heavy atom. The average Bonchev–Trinajstić information content (AvgIpc) is 2.29. The summed E-state index contributed by atoms with van der Waals surface area (Å²) >= 11 is 0. The molecule has 86 valence electrons. The van der Waals surface area contributed by atoms with Crippen molar-refractivity contribution in [3.8, 4) is 0 Å². The van der Waals surface area contributed by atoms with E-state index in [1.807, 2.05) is 6.07 Å². The number of amidine groups is 1. The van der Waals surface area contributed by atoms with E-state index >= 15 is 0 Å². The van der Waals surface area contributed by atoms with Crippen LogP contribution in [0.4, 0.5) is 10.1 Å². The first-order valence-electron chi connectivity index (χ1n) is 5.58. The lowest BCUT2D eigenvalue weighted by Gasteiger charge is -2.30. The van der Waals surface area contributed by atoms with E-state index in [-0.39, 0.29) is 11.4 Å². The fourth-order valence-corrected chi connectivity index (χ4v) is 2.18. The molecule has 0 saturated carbocycles. The Labute approximate surface area is 94.6 Å². The summed E-state index contributed by atoms with van der Waals surface area (Å²) in [7, 11) is 0. The Morgan fingerprint density at radius 2 is 1.94 bits per heavy atom. The topological polar surface area (TPSA) is 53.1 Å². The molecule has 1 aromatic carbocycles. The largest absolute Gasteiger partial charge is 0.384 e. The number of rotatable bonds is 2. The van der Waals surface area contributed by atoms with Crippen LogP contribution >= 0.6 is 0 Å². The van der Waals surface area contributed by atoms with Crippen LogP contribution in [0.2, 0.25) is 0 Å². The maximum absolute atomic E-state index is 13.6. The van der Waals surface area contributed by atoms with Gasteiger partial charge in [0, 0.05) is 13.1 Å². The average molecular weight is 221 g/mol. The lowest BCUT2D eigenvalue weighted by molar-refractivity contribution is 0.573. The van der Waals surface area contributed by atoms with Gasteiger partial charge in [-0.05, 0) is 31.4 Å². The Hall–Kier alpha value is -1.58. The SMILES string of the molecule is N=C(N)c1c(F)cccc1N1CCCCC1. The number of nitrogens with two attached hydrogens (primary N) is 1. The van der Waals surface area contributed by atoms with Crippen molar-refractivity contribution >= 4 is 11.5 Å². The molecule has 0 amide bonds. The number of piperidine rings is 1. The van der Waals surface area contributed by atoms with Crippen molar-refractivity contribution in [2.45, 2.75) is 19.3 Å². The van der Waals surface area contributed by atoms with Gasteiger partial charge in [-0.3, -0.25) is 5.41 Å². The molecular weight excluding hydrogens is 205 g/mol. The Kier molecular flexibility index (Phi) is 3.08. The fraction of sp³-hybridized carbons (Fsp3) is 0.417. The van der Waals surface area contributed by atoms with E-state index in [0.717, 1.165) is 31.6 Å². The van der Waals surface area contributed by atoms with Crippen LogP contribution in [0.25, 0.3) is 0 Å². The highest BCUT2D eigenvalue weighted by Crippen LogP contribution is 2.25. The summed E-state index contributed by atoms with van der Waals surface area (Å²) in [5, 5.41) is 7.45. The van der Waals surface area contributed by atoms with Gasteiger partial charge in [0.2, 0.25) is 0 Å². The summed E-state index contributed by atoms with van der Waals surface area (Å²) in [6.07, 6.45) is 3.46. The molecule has 16 heavy (non-hydrogen) atoms. The van der Waals surface area contributed by atoms with Crippen molar-refractivity contribution < 1.29 is 4.39 Å². The standard InChI is InChI=1S/C12H16FN3/c13-9-5-4-6-10(11(9)12(14)15)16-7-2-1-3-8-16/h4-6H,1-3,7-8H2,(H3,14,15). The first-order chi connectivity index (χ1) is 7.70. The predicted octanol–water partition coefficient (Wildman–Crippen LogP) is 2.10. The predicted molar refractivity (Wildman–Crippen MR) is 63.5 cm³/mol. The first kappa shape index (κ1) is 10.9. The van der Waals surface area contributed by atoms with Crippen molar-refractivity contribution in [1.29, 1.82) is 5.41 Å². The molecule has 1 aromatic rings. The third-order valence-electron chi connectivity index (χ3n) is 2.96.